The molecule has 1 fully saturated rings. The summed E-state index contributed by atoms with van der Waals surface area (Å²) in [6, 6.07) is 1.51. The molecule has 2 aliphatic heterocycles. The summed E-state index contributed by atoms with van der Waals surface area (Å²) in [5, 5.41) is 0. The number of anilines is 1. The van der Waals surface area contributed by atoms with Crippen molar-refractivity contribution in [2.45, 2.75) is 49.2 Å². The maximum absolute atomic E-state index is 12.9. The third-order valence-electron chi connectivity index (χ3n) is 4.99. The van der Waals surface area contributed by atoms with Gasteiger partial charge in [-0.15, -0.1) is 11.8 Å². The second kappa shape index (κ2) is 7.40. The zero-order chi connectivity index (χ0) is 18.0. The molecular weight excluding hydrogens is 349 g/mol. The number of carbonyl (C=O) groups is 1. The largest absolute Gasteiger partial charge is 0.417 e. The first-order valence-electron chi connectivity index (χ1n) is 8.50. The molecule has 3 rings (SSSR count). The predicted octanol–water partition coefficient (Wildman–Crippen LogP) is 4.72. The lowest BCUT2D eigenvalue weighted by Crippen LogP contribution is -2.43. The number of alkyl halides is 3. The van der Waals surface area contributed by atoms with Crippen molar-refractivity contribution < 1.29 is 18.0 Å². The van der Waals surface area contributed by atoms with Crippen LogP contribution in [-0.4, -0.2) is 29.1 Å². The molecule has 0 radical (unpaired) electrons. The van der Waals surface area contributed by atoms with Crippen LogP contribution >= 0.6 is 11.8 Å². The second-order valence-corrected chi connectivity index (χ2v) is 7.76. The quantitative estimate of drug-likeness (QED) is 0.719. The maximum atomic E-state index is 12.9. The summed E-state index contributed by atoms with van der Waals surface area (Å²) in [6.07, 6.45) is 2.16. The molecule has 2 atom stereocenters. The molecular formula is C18H21F3N2OS. The van der Waals surface area contributed by atoms with E-state index in [2.05, 4.69) is 16.5 Å². The van der Waals surface area contributed by atoms with E-state index in [1.165, 1.54) is 23.9 Å². The third kappa shape index (κ3) is 4.19. The molecule has 0 aliphatic carbocycles. The van der Waals surface area contributed by atoms with Gasteiger partial charge in [0.05, 0.1) is 10.5 Å². The van der Waals surface area contributed by atoms with E-state index in [9.17, 15) is 18.0 Å². The van der Waals surface area contributed by atoms with Crippen LogP contribution in [0.3, 0.4) is 0 Å². The van der Waals surface area contributed by atoms with Gasteiger partial charge in [-0.1, -0.05) is 6.58 Å². The van der Waals surface area contributed by atoms with Crippen LogP contribution in [0.1, 0.15) is 37.7 Å². The Hall–Kier alpha value is -1.50. The van der Waals surface area contributed by atoms with Crippen LogP contribution in [0.4, 0.5) is 19.0 Å². The Balaban J connectivity index is 1.74. The number of ketones is 1. The van der Waals surface area contributed by atoms with E-state index < -0.39 is 11.7 Å². The molecule has 7 heteroatoms. The molecule has 0 amide bonds. The molecule has 25 heavy (non-hydrogen) atoms. The van der Waals surface area contributed by atoms with E-state index in [-0.39, 0.29) is 11.8 Å². The Kier molecular flexibility index (Phi) is 5.41. The van der Waals surface area contributed by atoms with E-state index in [0.717, 1.165) is 44.2 Å². The summed E-state index contributed by atoms with van der Waals surface area (Å²) in [6.45, 7) is 4.28. The number of nitrogens with zero attached hydrogens (tertiary/aromatic N) is 2. The number of aromatic nitrogens is 1. The van der Waals surface area contributed by atoms with E-state index >= 15 is 0 Å². The van der Waals surface area contributed by atoms with Crippen LogP contribution in [0.25, 0.3) is 0 Å². The lowest BCUT2D eigenvalue weighted by molar-refractivity contribution is -0.138. The molecule has 0 bridgehead atoms. The van der Waals surface area contributed by atoms with Gasteiger partial charge in [0.15, 0.2) is 5.78 Å². The first-order valence-corrected chi connectivity index (χ1v) is 9.49. The Labute approximate surface area is 149 Å². The van der Waals surface area contributed by atoms with Crippen molar-refractivity contribution >= 4 is 23.4 Å². The van der Waals surface area contributed by atoms with Crippen molar-refractivity contribution in [3.63, 3.8) is 0 Å². The van der Waals surface area contributed by atoms with Gasteiger partial charge in [0, 0.05) is 31.0 Å². The second-order valence-electron chi connectivity index (χ2n) is 6.63. The number of halogens is 3. The molecule has 0 saturated carbocycles. The summed E-state index contributed by atoms with van der Waals surface area (Å²) in [5.74, 6) is 2.02. The molecule has 0 aromatic carbocycles. The molecule has 3 nitrogen and oxygen atoms in total. The SMILES string of the molecule is C=CC(=O)CCC1CCN2c3ncc(C(F)(F)F)cc3SCCC2C1. The first kappa shape index (κ1) is 18.3. The first-order chi connectivity index (χ1) is 11.9. The number of hydrogen-bond acceptors (Lipinski definition) is 4. The van der Waals surface area contributed by atoms with Gasteiger partial charge >= 0.3 is 6.18 Å². The normalized spacial score (nSPS) is 23.4. The number of rotatable bonds is 4. The Morgan fingerprint density at radius 3 is 2.96 bits per heavy atom. The minimum absolute atomic E-state index is 0.0746. The lowest BCUT2D eigenvalue weighted by Gasteiger charge is -2.39. The Bertz CT molecular complexity index is 662. The minimum Gasteiger partial charge on any atom is -0.353 e. The number of thioether (sulfide) groups is 1. The number of carbonyl (C=O) groups excluding carboxylic acids is 1. The van der Waals surface area contributed by atoms with Gasteiger partial charge in [0.25, 0.3) is 0 Å². The maximum Gasteiger partial charge on any atom is 0.417 e. The van der Waals surface area contributed by atoms with E-state index in [4.69, 9.17) is 0 Å². The fourth-order valence-electron chi connectivity index (χ4n) is 3.62. The van der Waals surface area contributed by atoms with Gasteiger partial charge in [-0.2, -0.15) is 13.2 Å². The van der Waals surface area contributed by atoms with Crippen LogP contribution in [0.5, 0.6) is 0 Å². The number of allylic oxidation sites excluding steroid dienone is 1. The summed E-state index contributed by atoms with van der Waals surface area (Å²) in [4.78, 5) is 18.4. The zero-order valence-electron chi connectivity index (χ0n) is 13.9. The molecule has 3 heterocycles. The fourth-order valence-corrected chi connectivity index (χ4v) is 4.74. The van der Waals surface area contributed by atoms with Gasteiger partial charge in [0.1, 0.15) is 5.82 Å². The molecule has 2 aliphatic rings. The summed E-state index contributed by atoms with van der Waals surface area (Å²) in [7, 11) is 0. The predicted molar refractivity (Wildman–Crippen MR) is 92.9 cm³/mol. The van der Waals surface area contributed by atoms with E-state index in [1.807, 2.05) is 0 Å². The summed E-state index contributed by atoms with van der Waals surface area (Å²) < 4.78 is 38.8. The highest BCUT2D eigenvalue weighted by molar-refractivity contribution is 7.99. The topological polar surface area (TPSA) is 33.2 Å². The van der Waals surface area contributed by atoms with Crippen LogP contribution in [0, 0.1) is 5.92 Å². The standard InChI is InChI=1S/C18H21F3N2OS/c1-2-15(24)4-3-12-5-7-23-14(9-12)6-8-25-16-10-13(18(19,20)21)11-22-17(16)23/h2,10-12,14H,1,3-9H2. The highest BCUT2D eigenvalue weighted by atomic mass is 32.2. The minimum atomic E-state index is -4.36. The molecule has 0 N–H and O–H groups in total. The van der Waals surface area contributed by atoms with E-state index in [1.54, 1.807) is 0 Å². The highest BCUT2D eigenvalue weighted by Crippen LogP contribution is 2.42. The molecule has 1 aromatic heterocycles. The highest BCUT2D eigenvalue weighted by Gasteiger charge is 2.35. The van der Waals surface area contributed by atoms with Crippen molar-refractivity contribution in [1.29, 1.82) is 0 Å². The van der Waals surface area contributed by atoms with E-state index in [0.29, 0.717) is 23.1 Å². The number of hydrogen-bond donors (Lipinski definition) is 0. The van der Waals surface area contributed by atoms with Crippen molar-refractivity contribution in [3.05, 3.63) is 30.5 Å². The van der Waals surface area contributed by atoms with Gasteiger partial charge in [-0.25, -0.2) is 4.98 Å². The monoisotopic (exact) mass is 370 g/mol. The smallest absolute Gasteiger partial charge is 0.353 e. The number of pyridine rings is 1. The lowest BCUT2D eigenvalue weighted by atomic mass is 9.86. The van der Waals surface area contributed by atoms with Crippen LogP contribution < -0.4 is 4.90 Å². The number of fused-ring (bicyclic) bond motifs is 3. The van der Waals surface area contributed by atoms with Crippen LogP contribution in [0.2, 0.25) is 0 Å². The molecule has 1 saturated heterocycles. The molecule has 1 aromatic rings. The zero-order valence-corrected chi connectivity index (χ0v) is 14.7. The van der Waals surface area contributed by atoms with Crippen molar-refractivity contribution in [3.8, 4) is 0 Å². The Morgan fingerprint density at radius 1 is 1.44 bits per heavy atom. The third-order valence-corrected chi connectivity index (χ3v) is 6.04. The molecule has 136 valence electrons. The van der Waals surface area contributed by atoms with Gasteiger partial charge in [0.2, 0.25) is 0 Å². The number of piperidine rings is 1. The molecule has 0 spiro atoms. The van der Waals surface area contributed by atoms with Crippen molar-refractivity contribution in [2.24, 2.45) is 5.92 Å². The van der Waals surface area contributed by atoms with Crippen LogP contribution in [-0.2, 0) is 11.0 Å². The summed E-state index contributed by atoms with van der Waals surface area (Å²) >= 11 is 1.46. The molecule has 2 unspecified atom stereocenters. The van der Waals surface area contributed by atoms with Gasteiger partial charge in [-0.05, 0) is 43.7 Å². The fraction of sp³-hybridized carbons (Fsp3) is 0.556. The van der Waals surface area contributed by atoms with Crippen molar-refractivity contribution in [1.82, 2.24) is 4.98 Å². The van der Waals surface area contributed by atoms with Crippen molar-refractivity contribution in [2.75, 3.05) is 17.2 Å². The van der Waals surface area contributed by atoms with Crippen LogP contribution in [0.15, 0.2) is 29.8 Å². The average molecular weight is 370 g/mol. The average Bonchev–Trinajstić information content (AvgIpc) is 2.77. The van der Waals surface area contributed by atoms with Gasteiger partial charge < -0.3 is 4.90 Å². The van der Waals surface area contributed by atoms with Gasteiger partial charge in [-0.3, -0.25) is 4.79 Å². The Morgan fingerprint density at radius 2 is 2.24 bits per heavy atom. The summed E-state index contributed by atoms with van der Waals surface area (Å²) in [5.41, 5.74) is -0.685.